The lowest BCUT2D eigenvalue weighted by atomic mass is 10.2. The Morgan fingerprint density at radius 3 is 2.71 bits per heavy atom. The van der Waals surface area contributed by atoms with Crippen molar-refractivity contribution >= 4 is 21.8 Å². The van der Waals surface area contributed by atoms with Crippen LogP contribution in [0.25, 0.3) is 0 Å². The van der Waals surface area contributed by atoms with Crippen molar-refractivity contribution in [2.75, 3.05) is 19.7 Å². The molecular formula is C13H15NO6S. The zero-order valence-corrected chi connectivity index (χ0v) is 12.2. The Labute approximate surface area is 122 Å². The van der Waals surface area contributed by atoms with Crippen molar-refractivity contribution in [3.8, 4) is 0 Å². The van der Waals surface area contributed by atoms with Crippen LogP contribution in [0, 0.1) is 0 Å². The fourth-order valence-corrected chi connectivity index (χ4v) is 3.49. The number of hydrogen-bond donors (Lipinski definition) is 1. The molecule has 114 valence electrons. The summed E-state index contributed by atoms with van der Waals surface area (Å²) in [6.07, 6.45) is -1.18. The number of ketones is 1. The Morgan fingerprint density at radius 1 is 1.38 bits per heavy atom. The van der Waals surface area contributed by atoms with Crippen LogP contribution in [0.1, 0.15) is 17.3 Å². The van der Waals surface area contributed by atoms with Gasteiger partial charge in [0, 0.05) is 12.1 Å². The second-order valence-corrected chi connectivity index (χ2v) is 6.58. The summed E-state index contributed by atoms with van der Waals surface area (Å²) in [4.78, 5) is 22.2. The minimum absolute atomic E-state index is 0.0165. The molecule has 7 nitrogen and oxygen atoms in total. The maximum atomic E-state index is 12.5. The van der Waals surface area contributed by atoms with E-state index in [1.165, 1.54) is 31.2 Å². The van der Waals surface area contributed by atoms with Crippen LogP contribution >= 0.6 is 0 Å². The van der Waals surface area contributed by atoms with Crippen molar-refractivity contribution in [1.82, 2.24) is 4.31 Å². The Balaban J connectivity index is 2.31. The third kappa shape index (κ3) is 3.29. The number of hydrogen-bond acceptors (Lipinski definition) is 5. The number of aliphatic carboxylic acids is 1. The van der Waals surface area contributed by atoms with Gasteiger partial charge >= 0.3 is 5.97 Å². The molecular weight excluding hydrogens is 298 g/mol. The van der Waals surface area contributed by atoms with E-state index in [1.807, 2.05) is 0 Å². The van der Waals surface area contributed by atoms with Crippen LogP contribution < -0.4 is 0 Å². The molecule has 0 amide bonds. The fraction of sp³-hybridized carbons (Fsp3) is 0.385. The van der Waals surface area contributed by atoms with E-state index in [1.54, 1.807) is 0 Å². The highest BCUT2D eigenvalue weighted by Crippen LogP contribution is 2.20. The first kappa shape index (κ1) is 15.6. The van der Waals surface area contributed by atoms with E-state index in [9.17, 15) is 18.0 Å². The lowest BCUT2D eigenvalue weighted by molar-refractivity contribution is -0.153. The molecule has 0 bridgehead atoms. The Morgan fingerprint density at radius 2 is 2.10 bits per heavy atom. The number of morpholine rings is 1. The first-order chi connectivity index (χ1) is 9.82. The zero-order chi connectivity index (χ0) is 15.6. The molecule has 1 aromatic carbocycles. The van der Waals surface area contributed by atoms with Gasteiger partial charge in [0.05, 0.1) is 18.0 Å². The van der Waals surface area contributed by atoms with Gasteiger partial charge < -0.3 is 9.84 Å². The van der Waals surface area contributed by atoms with E-state index in [-0.39, 0.29) is 30.4 Å². The third-order valence-corrected chi connectivity index (χ3v) is 5.04. The van der Waals surface area contributed by atoms with Gasteiger partial charge in [0.1, 0.15) is 0 Å². The highest BCUT2D eigenvalue weighted by atomic mass is 32.2. The monoisotopic (exact) mass is 313 g/mol. The quantitative estimate of drug-likeness (QED) is 0.806. The van der Waals surface area contributed by atoms with Gasteiger partial charge in [0.2, 0.25) is 10.0 Å². The largest absolute Gasteiger partial charge is 0.479 e. The number of carboxylic acid groups (broad SMARTS) is 1. The summed E-state index contributed by atoms with van der Waals surface area (Å²) in [7, 11) is -3.85. The van der Waals surface area contributed by atoms with Crippen molar-refractivity contribution in [2.45, 2.75) is 17.9 Å². The van der Waals surface area contributed by atoms with Crippen LogP contribution in [0.4, 0.5) is 0 Å². The minimum atomic E-state index is -3.85. The first-order valence-electron chi connectivity index (χ1n) is 6.28. The van der Waals surface area contributed by atoms with Crippen molar-refractivity contribution in [1.29, 1.82) is 0 Å². The van der Waals surface area contributed by atoms with Gasteiger partial charge in [-0.15, -0.1) is 0 Å². The molecule has 1 aliphatic heterocycles. The predicted octanol–water partition coefficient (Wildman–Crippen LogP) is 0.363. The van der Waals surface area contributed by atoms with Crippen molar-refractivity contribution in [3.05, 3.63) is 29.8 Å². The normalized spacial score (nSPS) is 20.1. The first-order valence-corrected chi connectivity index (χ1v) is 7.72. The number of ether oxygens (including phenoxy) is 1. The van der Waals surface area contributed by atoms with E-state index >= 15 is 0 Å². The summed E-state index contributed by atoms with van der Waals surface area (Å²) in [5.41, 5.74) is 0.291. The molecule has 8 heteroatoms. The van der Waals surface area contributed by atoms with Gasteiger partial charge in [-0.1, -0.05) is 12.1 Å². The molecule has 0 spiro atoms. The highest BCUT2D eigenvalue weighted by Gasteiger charge is 2.34. The summed E-state index contributed by atoms with van der Waals surface area (Å²) in [6.45, 7) is 1.20. The van der Waals surface area contributed by atoms with Crippen LogP contribution in [0.2, 0.25) is 0 Å². The average Bonchev–Trinajstić information content (AvgIpc) is 2.47. The number of benzene rings is 1. The Kier molecular flexibility index (Phi) is 4.40. The Bertz CT molecular complexity index is 669. The van der Waals surface area contributed by atoms with Crippen LogP contribution in [-0.4, -0.2) is 55.4 Å². The van der Waals surface area contributed by atoms with Gasteiger partial charge in [0.15, 0.2) is 11.9 Å². The van der Waals surface area contributed by atoms with Gasteiger partial charge in [-0.3, -0.25) is 4.79 Å². The second kappa shape index (κ2) is 5.92. The summed E-state index contributed by atoms with van der Waals surface area (Å²) >= 11 is 0. The molecule has 1 aromatic rings. The fourth-order valence-electron chi connectivity index (χ4n) is 2.02. The zero-order valence-electron chi connectivity index (χ0n) is 11.4. The summed E-state index contributed by atoms with van der Waals surface area (Å²) in [5.74, 6) is -1.44. The smallest absolute Gasteiger partial charge is 0.334 e. The standard InChI is InChI=1S/C13H15NO6S/c1-9(15)10-3-2-4-11(7-10)21(18,19)14-5-6-20-12(8-14)13(16)17/h2-4,7,12H,5-6,8H2,1H3,(H,16,17). The molecule has 21 heavy (non-hydrogen) atoms. The summed E-state index contributed by atoms with van der Waals surface area (Å²) in [6, 6.07) is 5.69. The van der Waals surface area contributed by atoms with Gasteiger partial charge in [0.25, 0.3) is 0 Å². The van der Waals surface area contributed by atoms with Crippen LogP contribution in [0.5, 0.6) is 0 Å². The van der Waals surface area contributed by atoms with Crippen LogP contribution in [-0.2, 0) is 19.6 Å². The molecule has 0 radical (unpaired) electrons. The number of carbonyl (C=O) groups excluding carboxylic acids is 1. The SMILES string of the molecule is CC(=O)c1cccc(S(=O)(=O)N2CCOC(C(=O)O)C2)c1. The van der Waals surface area contributed by atoms with Gasteiger partial charge in [-0.2, -0.15) is 4.31 Å². The summed E-state index contributed by atoms with van der Waals surface area (Å²) < 4.78 is 31.1. The molecule has 0 saturated carbocycles. The van der Waals surface area contributed by atoms with Gasteiger partial charge in [-0.05, 0) is 19.1 Å². The van der Waals surface area contributed by atoms with Crippen molar-refractivity contribution in [2.24, 2.45) is 0 Å². The van der Waals surface area contributed by atoms with E-state index in [0.717, 1.165) is 4.31 Å². The van der Waals surface area contributed by atoms with E-state index in [2.05, 4.69) is 0 Å². The van der Waals surface area contributed by atoms with E-state index < -0.39 is 22.1 Å². The van der Waals surface area contributed by atoms with Crippen molar-refractivity contribution < 1.29 is 27.9 Å². The molecule has 1 heterocycles. The number of sulfonamides is 1. The molecule has 0 aromatic heterocycles. The maximum absolute atomic E-state index is 12.5. The van der Waals surface area contributed by atoms with Crippen LogP contribution in [0.3, 0.4) is 0 Å². The topological polar surface area (TPSA) is 101 Å². The lowest BCUT2D eigenvalue weighted by Gasteiger charge is -2.30. The summed E-state index contributed by atoms with van der Waals surface area (Å²) in [5, 5.41) is 8.92. The average molecular weight is 313 g/mol. The second-order valence-electron chi connectivity index (χ2n) is 4.64. The predicted molar refractivity (Wildman–Crippen MR) is 72.6 cm³/mol. The van der Waals surface area contributed by atoms with E-state index in [0.29, 0.717) is 5.56 Å². The maximum Gasteiger partial charge on any atom is 0.334 e. The lowest BCUT2D eigenvalue weighted by Crippen LogP contribution is -2.48. The molecule has 1 fully saturated rings. The van der Waals surface area contributed by atoms with E-state index in [4.69, 9.17) is 9.84 Å². The molecule has 1 saturated heterocycles. The number of carbonyl (C=O) groups is 2. The Hall–Kier alpha value is -1.77. The molecule has 1 aliphatic rings. The molecule has 1 atom stereocenters. The molecule has 1 N–H and O–H groups in total. The molecule has 1 unspecified atom stereocenters. The molecule has 0 aliphatic carbocycles. The number of Topliss-reactive ketones (excluding diaryl/α,β-unsaturated/α-hetero) is 1. The van der Waals surface area contributed by atoms with Crippen LogP contribution in [0.15, 0.2) is 29.2 Å². The molecule has 2 rings (SSSR count). The number of carboxylic acids is 1. The third-order valence-electron chi connectivity index (χ3n) is 3.18. The number of nitrogens with zero attached hydrogens (tertiary/aromatic N) is 1. The number of rotatable bonds is 4. The van der Waals surface area contributed by atoms with Crippen molar-refractivity contribution in [3.63, 3.8) is 0 Å². The van der Waals surface area contributed by atoms with Gasteiger partial charge in [-0.25, -0.2) is 13.2 Å². The minimum Gasteiger partial charge on any atom is -0.479 e. The highest BCUT2D eigenvalue weighted by molar-refractivity contribution is 7.89.